The number of nitrogens with one attached hydrogen (secondary N) is 3. The van der Waals surface area contributed by atoms with Crippen LogP contribution in [0.25, 0.3) is 0 Å². The number of hydrogen-bond acceptors (Lipinski definition) is 9. The molecule has 2 aromatic carbocycles. The minimum atomic E-state index is -3.91. The summed E-state index contributed by atoms with van der Waals surface area (Å²) in [5.41, 5.74) is 2.46. The number of nitrogens with two attached hydrogens (primary N) is 1. The first-order valence-electron chi connectivity index (χ1n) is 11.2. The van der Waals surface area contributed by atoms with Gasteiger partial charge in [0.25, 0.3) is 0 Å². The largest absolute Gasteiger partial charge is 0.338 e. The van der Waals surface area contributed by atoms with Crippen LogP contribution in [0.1, 0.15) is 24.5 Å². The standard InChI is InChI=1S/C23H29FN6O4S2/c1-3-35(31,32)12-4-11-26-14-17-6-9-18(10-7-17)28-22-20(24)15-27-23(30-22)29-19-8-5-16(2)21(13-19)36(25,33)34/h5-10,13,15,26H,3-4,11-12,14H2,1-2H3,(H2,25,33,34)(H2,27,28,29,30). The molecule has 0 spiro atoms. The molecule has 0 saturated carbocycles. The van der Waals surface area contributed by atoms with Crippen molar-refractivity contribution in [2.75, 3.05) is 28.7 Å². The van der Waals surface area contributed by atoms with Crippen molar-refractivity contribution in [2.45, 2.75) is 31.7 Å². The molecule has 0 aliphatic carbocycles. The summed E-state index contributed by atoms with van der Waals surface area (Å²) in [6.07, 6.45) is 1.55. The minimum Gasteiger partial charge on any atom is -0.338 e. The van der Waals surface area contributed by atoms with E-state index in [0.29, 0.717) is 36.4 Å². The lowest BCUT2D eigenvalue weighted by atomic mass is 10.2. The summed E-state index contributed by atoms with van der Waals surface area (Å²) in [6, 6.07) is 11.8. The molecule has 36 heavy (non-hydrogen) atoms. The van der Waals surface area contributed by atoms with Crippen molar-refractivity contribution in [3.63, 3.8) is 0 Å². The number of aryl methyl sites for hydroxylation is 1. The maximum absolute atomic E-state index is 14.3. The normalized spacial score (nSPS) is 11.9. The Morgan fingerprint density at radius 2 is 1.69 bits per heavy atom. The van der Waals surface area contributed by atoms with Crippen LogP contribution in [0.2, 0.25) is 0 Å². The fourth-order valence-corrected chi connectivity index (χ4v) is 4.95. The van der Waals surface area contributed by atoms with E-state index >= 15 is 0 Å². The Bertz CT molecular complexity index is 1420. The van der Waals surface area contributed by atoms with Crippen LogP contribution in [-0.4, -0.2) is 44.9 Å². The summed E-state index contributed by atoms with van der Waals surface area (Å²) >= 11 is 0. The van der Waals surface area contributed by atoms with Gasteiger partial charge in [-0.1, -0.05) is 25.1 Å². The van der Waals surface area contributed by atoms with Crippen molar-refractivity contribution in [3.05, 3.63) is 65.6 Å². The van der Waals surface area contributed by atoms with Gasteiger partial charge in [0.1, 0.15) is 9.84 Å². The van der Waals surface area contributed by atoms with Gasteiger partial charge in [0.05, 0.1) is 16.8 Å². The van der Waals surface area contributed by atoms with Gasteiger partial charge in [-0.2, -0.15) is 4.98 Å². The second kappa shape index (κ2) is 11.7. The van der Waals surface area contributed by atoms with Crippen LogP contribution in [0.4, 0.5) is 27.5 Å². The zero-order valence-electron chi connectivity index (χ0n) is 20.0. The molecule has 3 rings (SSSR count). The number of sulfonamides is 1. The van der Waals surface area contributed by atoms with E-state index in [1.54, 1.807) is 38.1 Å². The summed E-state index contributed by atoms with van der Waals surface area (Å²) < 4.78 is 60.9. The fraction of sp³-hybridized carbons (Fsp3) is 0.304. The molecule has 0 amide bonds. The second-order valence-electron chi connectivity index (χ2n) is 8.13. The molecular formula is C23H29FN6O4S2. The molecule has 3 aromatic rings. The van der Waals surface area contributed by atoms with Gasteiger partial charge in [-0.25, -0.2) is 31.3 Å². The molecule has 0 fully saturated rings. The number of nitrogens with zero attached hydrogens (tertiary/aromatic N) is 2. The molecule has 0 saturated heterocycles. The maximum atomic E-state index is 14.3. The molecule has 0 aliphatic heterocycles. The predicted octanol–water partition coefficient (Wildman–Crippen LogP) is 2.97. The van der Waals surface area contributed by atoms with E-state index in [0.717, 1.165) is 11.8 Å². The van der Waals surface area contributed by atoms with Crippen molar-refractivity contribution in [1.82, 2.24) is 15.3 Å². The topological polar surface area (TPSA) is 156 Å². The molecule has 0 radical (unpaired) electrons. The van der Waals surface area contributed by atoms with Crippen molar-refractivity contribution < 1.29 is 21.2 Å². The van der Waals surface area contributed by atoms with Gasteiger partial charge < -0.3 is 16.0 Å². The molecule has 1 heterocycles. The fourth-order valence-electron chi connectivity index (χ4n) is 3.27. The lowest BCUT2D eigenvalue weighted by Gasteiger charge is -2.11. The number of halogens is 1. The number of rotatable bonds is 12. The van der Waals surface area contributed by atoms with Crippen LogP contribution in [0.15, 0.2) is 53.6 Å². The first-order chi connectivity index (χ1) is 17.0. The van der Waals surface area contributed by atoms with Crippen LogP contribution >= 0.6 is 0 Å². The molecule has 194 valence electrons. The van der Waals surface area contributed by atoms with E-state index < -0.39 is 25.7 Å². The number of hydrogen-bond donors (Lipinski definition) is 4. The highest BCUT2D eigenvalue weighted by Crippen LogP contribution is 2.23. The molecule has 5 N–H and O–H groups in total. The van der Waals surface area contributed by atoms with Crippen LogP contribution in [-0.2, 0) is 26.4 Å². The molecule has 0 atom stereocenters. The Labute approximate surface area is 210 Å². The van der Waals surface area contributed by atoms with Gasteiger partial charge in [-0.15, -0.1) is 0 Å². The van der Waals surface area contributed by atoms with E-state index in [4.69, 9.17) is 5.14 Å². The zero-order chi connectivity index (χ0) is 26.3. The highest BCUT2D eigenvalue weighted by molar-refractivity contribution is 7.91. The lowest BCUT2D eigenvalue weighted by molar-refractivity contribution is 0.589. The first kappa shape index (κ1) is 27.5. The molecule has 0 aliphatic rings. The second-order valence-corrected chi connectivity index (χ2v) is 12.1. The summed E-state index contributed by atoms with van der Waals surface area (Å²) in [7, 11) is -6.86. The minimum absolute atomic E-state index is 0.0338. The monoisotopic (exact) mass is 536 g/mol. The van der Waals surface area contributed by atoms with Crippen LogP contribution < -0.4 is 21.1 Å². The Balaban J connectivity index is 1.61. The van der Waals surface area contributed by atoms with Gasteiger partial charge in [-0.05, 0) is 55.3 Å². The molecule has 1 aromatic heterocycles. The van der Waals surface area contributed by atoms with Gasteiger partial charge in [0.2, 0.25) is 16.0 Å². The average molecular weight is 537 g/mol. The third kappa shape index (κ3) is 7.95. The van der Waals surface area contributed by atoms with Gasteiger partial charge in [0.15, 0.2) is 11.6 Å². The van der Waals surface area contributed by atoms with Crippen molar-refractivity contribution in [1.29, 1.82) is 0 Å². The van der Waals surface area contributed by atoms with Gasteiger partial charge in [-0.3, -0.25) is 0 Å². The predicted molar refractivity (Wildman–Crippen MR) is 138 cm³/mol. The van der Waals surface area contributed by atoms with Crippen LogP contribution in [0.5, 0.6) is 0 Å². The highest BCUT2D eigenvalue weighted by Gasteiger charge is 2.14. The van der Waals surface area contributed by atoms with Crippen LogP contribution in [0, 0.1) is 12.7 Å². The quantitative estimate of drug-likeness (QED) is 0.256. The Morgan fingerprint density at radius 3 is 2.36 bits per heavy atom. The smallest absolute Gasteiger partial charge is 0.238 e. The molecule has 0 bridgehead atoms. The Morgan fingerprint density at radius 1 is 1.00 bits per heavy atom. The summed E-state index contributed by atoms with van der Waals surface area (Å²) in [6.45, 7) is 4.42. The summed E-state index contributed by atoms with van der Waals surface area (Å²) in [5.74, 6) is -0.346. The Hall–Kier alpha value is -3.13. The molecule has 0 unspecified atom stereocenters. The molecule has 13 heteroatoms. The zero-order valence-corrected chi connectivity index (χ0v) is 21.6. The summed E-state index contributed by atoms with van der Waals surface area (Å²) in [5, 5.41) is 14.2. The van der Waals surface area contributed by atoms with E-state index in [1.165, 1.54) is 6.07 Å². The lowest BCUT2D eigenvalue weighted by Crippen LogP contribution is -2.19. The Kier molecular flexibility index (Phi) is 8.95. The van der Waals surface area contributed by atoms with Crippen LogP contribution in [0.3, 0.4) is 0 Å². The van der Waals surface area contributed by atoms with Crippen molar-refractivity contribution in [2.24, 2.45) is 5.14 Å². The van der Waals surface area contributed by atoms with E-state index in [2.05, 4.69) is 25.9 Å². The average Bonchev–Trinajstić information content (AvgIpc) is 2.82. The number of anilines is 4. The number of aromatic nitrogens is 2. The van der Waals surface area contributed by atoms with Gasteiger partial charge in [0, 0.05) is 23.7 Å². The number of sulfone groups is 1. The SMILES string of the molecule is CCS(=O)(=O)CCCNCc1ccc(Nc2nc(Nc3ccc(C)c(S(N)(=O)=O)c3)ncc2F)cc1. The number of primary sulfonamides is 1. The van der Waals surface area contributed by atoms with Gasteiger partial charge >= 0.3 is 0 Å². The van der Waals surface area contributed by atoms with Crippen molar-refractivity contribution >= 4 is 43.0 Å². The molecular weight excluding hydrogens is 507 g/mol. The highest BCUT2D eigenvalue weighted by atomic mass is 32.2. The van der Waals surface area contributed by atoms with E-state index in [-0.39, 0.29) is 28.2 Å². The van der Waals surface area contributed by atoms with Crippen molar-refractivity contribution in [3.8, 4) is 0 Å². The molecule has 10 nitrogen and oxygen atoms in total. The number of benzene rings is 2. The first-order valence-corrected chi connectivity index (χ1v) is 14.5. The maximum Gasteiger partial charge on any atom is 0.238 e. The van der Waals surface area contributed by atoms with E-state index in [1.807, 2.05) is 12.1 Å². The third-order valence-corrected chi connectivity index (χ3v) is 8.13. The third-order valence-electron chi connectivity index (χ3n) is 5.29. The van der Waals surface area contributed by atoms with E-state index in [9.17, 15) is 21.2 Å². The summed E-state index contributed by atoms with van der Waals surface area (Å²) in [4.78, 5) is 8.02.